The first-order valence-corrected chi connectivity index (χ1v) is 3.81. The van der Waals surface area contributed by atoms with Crippen LogP contribution in [0.4, 0.5) is 0 Å². The third-order valence-corrected chi connectivity index (χ3v) is 1.78. The Labute approximate surface area is 67.1 Å². The number of aromatic nitrogens is 1. The van der Waals surface area contributed by atoms with E-state index in [4.69, 9.17) is 0 Å². The van der Waals surface area contributed by atoms with E-state index in [-0.39, 0.29) is 5.56 Å². The summed E-state index contributed by atoms with van der Waals surface area (Å²) in [5, 5.41) is 0. The maximum atomic E-state index is 11.3. The van der Waals surface area contributed by atoms with Crippen molar-refractivity contribution in [2.45, 2.75) is 13.7 Å². The maximum absolute atomic E-state index is 11.3. The minimum Gasteiger partial charge on any atom is -0.319 e. The zero-order valence-corrected chi connectivity index (χ0v) is 7.22. The lowest BCUT2D eigenvalue weighted by Gasteiger charge is -2.01. The van der Waals surface area contributed by atoms with Crippen LogP contribution in [0.15, 0.2) is 17.1 Å². The fraction of sp³-hybridized carbons (Fsp3) is 0.375. The monoisotopic (exact) mass is 149 g/mol. The summed E-state index contributed by atoms with van der Waals surface area (Å²) in [6.07, 6.45) is 1.85. The molecule has 3 heteroatoms. The molecular formula is C8H12BNO. The van der Waals surface area contributed by atoms with Gasteiger partial charge in [0.25, 0.3) is 0 Å². The van der Waals surface area contributed by atoms with Gasteiger partial charge in [0.05, 0.1) is 0 Å². The van der Waals surface area contributed by atoms with Gasteiger partial charge < -0.3 is 4.57 Å². The average Bonchev–Trinajstić information content (AvgIpc) is 1.96. The Morgan fingerprint density at radius 2 is 2.18 bits per heavy atom. The molecule has 0 radical (unpaired) electrons. The van der Waals surface area contributed by atoms with E-state index < -0.39 is 0 Å². The summed E-state index contributed by atoms with van der Waals surface area (Å²) in [5.41, 5.74) is 2.16. The van der Waals surface area contributed by atoms with Gasteiger partial charge in [0.1, 0.15) is 0 Å². The number of aryl methyl sites for hydroxylation is 2. The predicted molar refractivity (Wildman–Crippen MR) is 49.1 cm³/mol. The molecular weight excluding hydrogens is 137 g/mol. The van der Waals surface area contributed by atoms with Crippen molar-refractivity contribution < 1.29 is 0 Å². The molecule has 0 unspecified atom stereocenters. The van der Waals surface area contributed by atoms with Crippen LogP contribution in [-0.4, -0.2) is 11.8 Å². The molecule has 0 aliphatic rings. The Kier molecular flexibility index (Phi) is 2.18. The topological polar surface area (TPSA) is 22.0 Å². The summed E-state index contributed by atoms with van der Waals surface area (Å²) in [6.45, 7) is 3.99. The van der Waals surface area contributed by atoms with Crippen molar-refractivity contribution in [3.63, 3.8) is 0 Å². The molecule has 0 aromatic carbocycles. The fourth-order valence-corrected chi connectivity index (χ4v) is 1.22. The van der Waals surface area contributed by atoms with Crippen LogP contribution in [0.2, 0.25) is 6.82 Å². The molecule has 1 rings (SSSR count). The van der Waals surface area contributed by atoms with Crippen molar-refractivity contribution in [3.05, 3.63) is 28.2 Å². The van der Waals surface area contributed by atoms with E-state index in [2.05, 4.69) is 0 Å². The summed E-state index contributed by atoms with van der Waals surface area (Å²) < 4.78 is 1.63. The second kappa shape index (κ2) is 2.95. The lowest BCUT2D eigenvalue weighted by molar-refractivity contribution is 0.860. The van der Waals surface area contributed by atoms with Crippen LogP contribution in [0.3, 0.4) is 0 Å². The van der Waals surface area contributed by atoms with E-state index in [1.807, 2.05) is 26.0 Å². The van der Waals surface area contributed by atoms with Crippen molar-refractivity contribution in [2.75, 3.05) is 0 Å². The van der Waals surface area contributed by atoms with E-state index >= 15 is 0 Å². The van der Waals surface area contributed by atoms with Gasteiger partial charge >= 0.3 is 0 Å². The van der Waals surface area contributed by atoms with Gasteiger partial charge in [-0.1, -0.05) is 12.9 Å². The van der Waals surface area contributed by atoms with Crippen LogP contribution >= 0.6 is 0 Å². The van der Waals surface area contributed by atoms with E-state index in [0.29, 0.717) is 0 Å². The molecule has 0 aliphatic carbocycles. The normalized spacial score (nSPS) is 9.73. The molecule has 0 atom stereocenters. The minimum absolute atomic E-state index is 0.123. The second-order valence-corrected chi connectivity index (χ2v) is 2.81. The number of hydrogen-bond acceptors (Lipinski definition) is 1. The van der Waals surface area contributed by atoms with Gasteiger partial charge in [-0.3, -0.25) is 4.79 Å². The largest absolute Gasteiger partial charge is 0.319 e. The van der Waals surface area contributed by atoms with E-state index in [0.717, 1.165) is 18.3 Å². The Bertz CT molecular complexity index is 316. The van der Waals surface area contributed by atoms with Crippen molar-refractivity contribution in [3.8, 4) is 0 Å². The van der Waals surface area contributed by atoms with Crippen molar-refractivity contribution in [1.29, 1.82) is 0 Å². The molecule has 1 aromatic heterocycles. The highest BCUT2D eigenvalue weighted by atomic mass is 16.1. The summed E-state index contributed by atoms with van der Waals surface area (Å²) in [5.74, 6) is 0. The number of rotatable bonds is 1. The third kappa shape index (κ3) is 1.53. The minimum atomic E-state index is 0.123. The van der Waals surface area contributed by atoms with Gasteiger partial charge in [0.15, 0.2) is 7.28 Å². The van der Waals surface area contributed by atoms with Gasteiger partial charge in [0.2, 0.25) is 5.56 Å². The van der Waals surface area contributed by atoms with Crippen LogP contribution in [0.1, 0.15) is 5.56 Å². The number of hydrogen-bond donors (Lipinski definition) is 0. The van der Waals surface area contributed by atoms with E-state index in [1.165, 1.54) is 0 Å². The molecule has 0 spiro atoms. The van der Waals surface area contributed by atoms with Crippen molar-refractivity contribution in [2.24, 2.45) is 7.05 Å². The molecule has 0 amide bonds. The number of pyridine rings is 1. The van der Waals surface area contributed by atoms with Crippen molar-refractivity contribution >= 4 is 12.7 Å². The van der Waals surface area contributed by atoms with Gasteiger partial charge in [-0.2, -0.15) is 0 Å². The van der Waals surface area contributed by atoms with Gasteiger partial charge in [0, 0.05) is 13.2 Å². The molecule has 11 heavy (non-hydrogen) atoms. The Balaban J connectivity index is 3.37. The lowest BCUT2D eigenvalue weighted by Crippen LogP contribution is -2.36. The highest BCUT2D eigenvalue weighted by Crippen LogP contribution is 1.87. The predicted octanol–water partition coefficient (Wildman–Crippen LogP) is -0.196. The molecule has 1 aromatic rings. The van der Waals surface area contributed by atoms with Crippen LogP contribution < -0.4 is 11.0 Å². The molecule has 0 saturated heterocycles. The van der Waals surface area contributed by atoms with E-state index in [9.17, 15) is 4.79 Å². The Morgan fingerprint density at radius 3 is 2.73 bits per heavy atom. The molecule has 1 heterocycles. The Hall–Kier alpha value is -0.985. The van der Waals surface area contributed by atoms with Crippen LogP contribution in [0.25, 0.3) is 0 Å². The fourth-order valence-electron chi connectivity index (χ4n) is 1.22. The molecule has 0 N–H and O–H groups in total. The first kappa shape index (κ1) is 8.11. The second-order valence-electron chi connectivity index (χ2n) is 2.81. The quantitative estimate of drug-likeness (QED) is 0.507. The number of nitrogens with zero attached hydrogens (tertiary/aromatic N) is 1. The Morgan fingerprint density at radius 1 is 1.55 bits per heavy atom. The summed E-state index contributed by atoms with van der Waals surface area (Å²) in [7, 11) is 2.60. The van der Waals surface area contributed by atoms with Crippen LogP contribution in [0, 0.1) is 6.92 Å². The molecule has 0 aliphatic heterocycles. The molecule has 0 saturated carbocycles. The zero-order chi connectivity index (χ0) is 8.43. The highest BCUT2D eigenvalue weighted by Gasteiger charge is 1.99. The standard InChI is InChI=1S/C8H12BNO/c1-6-4-7(9-2)8(11)10(3)5-6/h4-5,9H,1-3H3. The molecule has 58 valence electrons. The van der Waals surface area contributed by atoms with Crippen molar-refractivity contribution in [1.82, 2.24) is 4.57 Å². The maximum Gasteiger partial charge on any atom is 0.244 e. The first-order chi connectivity index (χ1) is 5.15. The smallest absolute Gasteiger partial charge is 0.244 e. The average molecular weight is 149 g/mol. The summed E-state index contributed by atoms with van der Waals surface area (Å²) >= 11 is 0. The third-order valence-electron chi connectivity index (χ3n) is 1.78. The van der Waals surface area contributed by atoms with E-state index in [1.54, 1.807) is 11.6 Å². The molecule has 0 fully saturated rings. The summed E-state index contributed by atoms with van der Waals surface area (Å²) in [6, 6.07) is 1.95. The van der Waals surface area contributed by atoms with Gasteiger partial charge in [-0.15, -0.1) is 0 Å². The lowest BCUT2D eigenvalue weighted by atomic mass is 9.74. The summed E-state index contributed by atoms with van der Waals surface area (Å²) in [4.78, 5) is 11.3. The molecule has 2 nitrogen and oxygen atoms in total. The van der Waals surface area contributed by atoms with Crippen LogP contribution in [0.5, 0.6) is 0 Å². The highest BCUT2D eigenvalue weighted by molar-refractivity contribution is 6.51. The first-order valence-electron chi connectivity index (χ1n) is 3.81. The zero-order valence-electron chi connectivity index (χ0n) is 7.22. The SMILES string of the molecule is CBc1cc(C)cn(C)c1=O. The van der Waals surface area contributed by atoms with Gasteiger partial charge in [-0.25, -0.2) is 0 Å². The van der Waals surface area contributed by atoms with Crippen LogP contribution in [-0.2, 0) is 7.05 Å². The molecule has 0 bridgehead atoms. The van der Waals surface area contributed by atoms with Gasteiger partial charge in [-0.05, 0) is 17.9 Å².